The number of para-hydroxylation sites is 1. The fourth-order valence-corrected chi connectivity index (χ4v) is 3.46. The first-order valence-electron chi connectivity index (χ1n) is 7.83. The summed E-state index contributed by atoms with van der Waals surface area (Å²) in [6.45, 7) is 2.63. The van der Waals surface area contributed by atoms with Gasteiger partial charge in [-0.3, -0.25) is 0 Å². The Hall–Kier alpha value is -2.10. The van der Waals surface area contributed by atoms with Gasteiger partial charge in [0.05, 0.1) is 18.0 Å². The minimum absolute atomic E-state index is 0.0249. The van der Waals surface area contributed by atoms with Crippen molar-refractivity contribution in [3.8, 4) is 5.69 Å². The minimum atomic E-state index is -3.57. The number of nitrogens with zero attached hydrogens (tertiary/aromatic N) is 4. The molecule has 0 amide bonds. The molecule has 0 aliphatic rings. The largest absolute Gasteiger partial charge is 0.359 e. The molecule has 0 saturated carbocycles. The molecule has 2 rings (SSSR count). The number of hydrogen-bond acceptors (Lipinski definition) is 7. The predicted molar refractivity (Wildman–Crippen MR) is 92.0 cm³/mol. The number of benzene rings is 1. The van der Waals surface area contributed by atoms with E-state index >= 15 is 0 Å². The highest BCUT2D eigenvalue weighted by atomic mass is 32.2. The molecule has 9 heteroatoms. The summed E-state index contributed by atoms with van der Waals surface area (Å²) in [6, 6.07) is 8.94. The topological polar surface area (TPSA) is 96.2 Å². The van der Waals surface area contributed by atoms with Crippen LogP contribution in [0.1, 0.15) is 19.8 Å². The number of tetrazole rings is 1. The van der Waals surface area contributed by atoms with Crippen LogP contribution in [0.4, 0.5) is 0 Å². The third-order valence-electron chi connectivity index (χ3n) is 3.36. The first-order valence-corrected chi connectivity index (χ1v) is 9.48. The number of allylic oxidation sites excluding steroid dienone is 1. The zero-order valence-corrected chi connectivity index (χ0v) is 15.1. The maximum absolute atomic E-state index is 12.5. The van der Waals surface area contributed by atoms with Crippen molar-refractivity contribution in [2.45, 2.75) is 24.9 Å². The summed E-state index contributed by atoms with van der Waals surface area (Å²) >= 11 is 0. The lowest BCUT2D eigenvalue weighted by atomic mass is 10.2. The van der Waals surface area contributed by atoms with E-state index in [1.807, 2.05) is 19.1 Å². The summed E-state index contributed by atoms with van der Waals surface area (Å²) in [5.41, 5.74) is 1.64. The van der Waals surface area contributed by atoms with Gasteiger partial charge in [-0.25, -0.2) is 8.42 Å². The number of aromatic nitrogens is 4. The van der Waals surface area contributed by atoms with E-state index in [4.69, 9.17) is 9.47 Å². The molecule has 0 aliphatic heterocycles. The average Bonchev–Trinajstić information content (AvgIpc) is 3.11. The molecule has 0 N–H and O–H groups in total. The van der Waals surface area contributed by atoms with Crippen molar-refractivity contribution < 1.29 is 17.9 Å². The highest BCUT2D eigenvalue weighted by molar-refractivity contribution is 7.91. The minimum Gasteiger partial charge on any atom is -0.359 e. The van der Waals surface area contributed by atoms with Crippen LogP contribution in [0.3, 0.4) is 0 Å². The second-order valence-corrected chi connectivity index (χ2v) is 7.48. The molecule has 25 heavy (non-hydrogen) atoms. The van der Waals surface area contributed by atoms with Gasteiger partial charge in [-0.1, -0.05) is 34.9 Å². The Morgan fingerprint density at radius 3 is 2.76 bits per heavy atom. The Labute approximate surface area is 147 Å². The summed E-state index contributed by atoms with van der Waals surface area (Å²) in [4.78, 5) is 0. The van der Waals surface area contributed by atoms with Gasteiger partial charge in [0.15, 0.2) is 0 Å². The van der Waals surface area contributed by atoms with Crippen molar-refractivity contribution >= 4 is 9.84 Å². The number of unbranched alkanes of at least 4 members (excludes halogenated alkanes) is 1. The molecule has 1 heterocycles. The molecule has 0 fully saturated rings. The van der Waals surface area contributed by atoms with Gasteiger partial charge in [0.1, 0.15) is 6.79 Å². The van der Waals surface area contributed by atoms with Crippen LogP contribution in [-0.2, 0) is 19.3 Å². The number of sulfone groups is 1. The van der Waals surface area contributed by atoms with Crippen molar-refractivity contribution in [3.63, 3.8) is 0 Å². The van der Waals surface area contributed by atoms with Crippen LogP contribution in [0.15, 0.2) is 47.1 Å². The van der Waals surface area contributed by atoms with Crippen LogP contribution in [0.2, 0.25) is 0 Å². The second kappa shape index (κ2) is 9.40. The molecule has 0 bridgehead atoms. The van der Waals surface area contributed by atoms with Gasteiger partial charge < -0.3 is 9.47 Å². The third kappa shape index (κ3) is 5.73. The van der Waals surface area contributed by atoms with Crippen LogP contribution < -0.4 is 0 Å². The van der Waals surface area contributed by atoms with Gasteiger partial charge in [0.2, 0.25) is 9.84 Å². The molecule has 136 valence electrons. The number of rotatable bonds is 10. The van der Waals surface area contributed by atoms with Crippen LogP contribution in [-0.4, -0.2) is 54.9 Å². The van der Waals surface area contributed by atoms with E-state index in [0.29, 0.717) is 25.1 Å². The molecule has 1 aromatic heterocycles. The zero-order valence-electron chi connectivity index (χ0n) is 14.3. The normalized spacial score (nSPS) is 12.5. The molecule has 0 atom stereocenters. The summed E-state index contributed by atoms with van der Waals surface area (Å²) in [7, 11) is -2.01. The maximum Gasteiger partial charge on any atom is 0.272 e. The molecule has 0 saturated heterocycles. The fourth-order valence-electron chi connectivity index (χ4n) is 2.16. The zero-order chi connectivity index (χ0) is 18.1. The predicted octanol–water partition coefficient (Wildman–Crippen LogP) is 1.78. The number of ether oxygens (including phenoxy) is 2. The molecule has 8 nitrogen and oxygen atoms in total. The lowest BCUT2D eigenvalue weighted by Crippen LogP contribution is -2.14. The Balaban J connectivity index is 1.95. The van der Waals surface area contributed by atoms with Crippen molar-refractivity contribution in [1.82, 2.24) is 20.2 Å². The van der Waals surface area contributed by atoms with Gasteiger partial charge in [-0.15, -0.1) is 0 Å². The number of hydrogen-bond donors (Lipinski definition) is 0. The molecular weight excluding hydrogens is 344 g/mol. The Morgan fingerprint density at radius 2 is 2.04 bits per heavy atom. The Morgan fingerprint density at radius 1 is 1.28 bits per heavy atom. The molecular formula is C16H22N4O4S. The van der Waals surface area contributed by atoms with Crippen LogP contribution in [0.25, 0.3) is 5.69 Å². The van der Waals surface area contributed by atoms with E-state index in [0.717, 1.165) is 5.57 Å². The van der Waals surface area contributed by atoms with Crippen LogP contribution in [0, 0.1) is 0 Å². The standard InChI is InChI=1S/C16H22N4O4S/c1-14(12-24-13-23-2)8-6-7-11-25(21,22)16-17-18-19-20(16)15-9-4-3-5-10-15/h3-5,8-10H,6-7,11-13H2,1-2H3/b14-8+. The lowest BCUT2D eigenvalue weighted by molar-refractivity contribution is -0.0211. The van der Waals surface area contributed by atoms with Crippen molar-refractivity contribution in [2.75, 3.05) is 26.3 Å². The maximum atomic E-state index is 12.5. The van der Waals surface area contributed by atoms with Crippen molar-refractivity contribution in [2.24, 2.45) is 0 Å². The van der Waals surface area contributed by atoms with Gasteiger partial charge in [-0.2, -0.15) is 4.68 Å². The van der Waals surface area contributed by atoms with Gasteiger partial charge in [0, 0.05) is 7.11 Å². The van der Waals surface area contributed by atoms with Crippen molar-refractivity contribution in [3.05, 3.63) is 42.0 Å². The van der Waals surface area contributed by atoms with Gasteiger partial charge >= 0.3 is 0 Å². The fraction of sp³-hybridized carbons (Fsp3) is 0.438. The Bertz CT molecular complexity index is 787. The Kier molecular flexibility index (Phi) is 7.23. The molecule has 1 aromatic carbocycles. The summed E-state index contributed by atoms with van der Waals surface area (Å²) < 4.78 is 36.3. The van der Waals surface area contributed by atoms with E-state index < -0.39 is 9.84 Å². The van der Waals surface area contributed by atoms with E-state index in [9.17, 15) is 8.42 Å². The molecule has 0 unspecified atom stereocenters. The van der Waals surface area contributed by atoms with Crippen molar-refractivity contribution in [1.29, 1.82) is 0 Å². The highest BCUT2D eigenvalue weighted by Gasteiger charge is 2.23. The summed E-state index contributed by atoms with van der Waals surface area (Å²) in [5.74, 6) is -0.0249. The SMILES string of the molecule is COCOC/C(C)=C/CCCS(=O)(=O)c1nnnn1-c1ccccc1. The van der Waals surface area contributed by atoms with Crippen LogP contribution in [0.5, 0.6) is 0 Å². The quantitative estimate of drug-likeness (QED) is 0.359. The van der Waals surface area contributed by atoms with E-state index in [1.165, 1.54) is 4.68 Å². The first kappa shape index (κ1) is 19.2. The number of methoxy groups -OCH3 is 1. The monoisotopic (exact) mass is 366 g/mol. The first-order chi connectivity index (χ1) is 12.0. The average molecular weight is 366 g/mol. The summed E-state index contributed by atoms with van der Waals surface area (Å²) in [6.07, 6.45) is 3.07. The van der Waals surface area contributed by atoms with E-state index in [-0.39, 0.29) is 17.7 Å². The molecule has 2 aromatic rings. The van der Waals surface area contributed by atoms with E-state index in [2.05, 4.69) is 15.5 Å². The van der Waals surface area contributed by atoms with Crippen LogP contribution >= 0.6 is 0 Å². The van der Waals surface area contributed by atoms with Gasteiger partial charge in [0.25, 0.3) is 5.16 Å². The molecule has 0 radical (unpaired) electrons. The smallest absolute Gasteiger partial charge is 0.272 e. The molecule has 0 spiro atoms. The summed E-state index contributed by atoms with van der Waals surface area (Å²) in [5, 5.41) is 10.8. The highest BCUT2D eigenvalue weighted by Crippen LogP contribution is 2.14. The van der Waals surface area contributed by atoms with Gasteiger partial charge in [-0.05, 0) is 42.3 Å². The third-order valence-corrected chi connectivity index (χ3v) is 5.00. The lowest BCUT2D eigenvalue weighted by Gasteiger charge is -2.05. The molecule has 0 aliphatic carbocycles. The van der Waals surface area contributed by atoms with E-state index in [1.54, 1.807) is 31.4 Å². The second-order valence-electron chi connectivity index (χ2n) is 5.48.